The van der Waals surface area contributed by atoms with Crippen molar-refractivity contribution in [1.29, 1.82) is 0 Å². The monoisotopic (exact) mass is 921 g/mol. The molecule has 5 rings (SSSR count). The maximum atomic E-state index is 2.55. The van der Waals surface area contributed by atoms with E-state index in [2.05, 4.69) is 262 Å². The van der Waals surface area contributed by atoms with Gasteiger partial charge >= 0.3 is 0 Å². The molecule has 0 aliphatic carbocycles. The molecule has 0 aliphatic rings. The maximum Gasteiger partial charge on any atom is 0.192 e. The van der Waals surface area contributed by atoms with Crippen LogP contribution in [-0.4, -0.2) is 52.4 Å². The Morgan fingerprint density at radius 2 is 0.382 bits per heavy atom. The lowest BCUT2D eigenvalue weighted by atomic mass is 10.1. The molecule has 0 heterocycles. The number of nitrogens with zero attached hydrogens (tertiary/aromatic N) is 6. The van der Waals surface area contributed by atoms with Crippen LogP contribution in [0.25, 0.3) is 0 Å². The summed E-state index contributed by atoms with van der Waals surface area (Å²) < 4.78 is 0. The number of hydrogen-bond donors (Lipinski definition) is 0. The molecule has 0 aromatic heterocycles. The van der Waals surface area contributed by atoms with Crippen molar-refractivity contribution >= 4 is 56.9 Å². The van der Waals surface area contributed by atoms with Crippen LogP contribution in [0.4, 0.5) is 56.9 Å². The second kappa shape index (κ2) is 25.6. The zero-order chi connectivity index (χ0) is 49.7. The summed E-state index contributed by atoms with van der Waals surface area (Å²) in [5.41, 5.74) is 11.9. The van der Waals surface area contributed by atoms with Crippen LogP contribution in [0.3, 0.4) is 0 Å². The molecule has 68 heavy (non-hydrogen) atoms. The van der Waals surface area contributed by atoms with E-state index in [1.54, 1.807) is 0 Å². The quantitative estimate of drug-likeness (QED) is 0.0514. The molecule has 0 fully saturated rings. The second-order valence-electron chi connectivity index (χ2n) is 23.0. The van der Waals surface area contributed by atoms with Crippen molar-refractivity contribution in [3.05, 3.63) is 121 Å². The molecule has 0 saturated carbocycles. The van der Waals surface area contributed by atoms with Gasteiger partial charge in [-0.15, -0.1) is 0 Å². The standard InChI is InChI=1S/C62H92N6/c1-45(2)37-63(38-46(3)4)53-17-25-57(26-18-53)67(58-27-19-54(20-28-58)64(39-47(5)6)40-48(7)8)61-33-35-62(36-34-61)68(59-29-21-55(22-30-59)65(41-49(9)10)42-50(11)12)60-31-23-56(24-32-60)66(43-51(13)14)44-52(15)16/h17-36,45-52H,37-44H2,1-16H3/q+1. The van der Waals surface area contributed by atoms with Crippen LogP contribution in [0, 0.1) is 47.3 Å². The van der Waals surface area contributed by atoms with Crippen molar-refractivity contribution in [1.82, 2.24) is 4.90 Å². The largest absolute Gasteiger partial charge is 0.371 e. The van der Waals surface area contributed by atoms with E-state index >= 15 is 0 Å². The highest BCUT2D eigenvalue weighted by Crippen LogP contribution is 2.41. The number of anilines is 10. The summed E-state index contributed by atoms with van der Waals surface area (Å²) in [5.74, 6) is 4.65. The van der Waals surface area contributed by atoms with E-state index in [0.717, 1.165) is 86.5 Å². The number of hydrogen-bond acceptors (Lipinski definition) is 6. The molecule has 5 aromatic carbocycles. The Kier molecular flexibility index (Phi) is 20.3. The van der Waals surface area contributed by atoms with Crippen molar-refractivity contribution in [3.8, 4) is 0 Å². The molecule has 5 aromatic rings. The molecular formula is C62H92N6+. The van der Waals surface area contributed by atoms with Crippen molar-refractivity contribution in [2.45, 2.75) is 111 Å². The predicted molar refractivity (Wildman–Crippen MR) is 303 cm³/mol. The third kappa shape index (κ3) is 16.1. The summed E-state index contributed by atoms with van der Waals surface area (Å²) in [6.07, 6.45) is 0. The first-order chi connectivity index (χ1) is 32.3. The maximum absolute atomic E-state index is 2.55. The third-order valence-corrected chi connectivity index (χ3v) is 11.9. The lowest BCUT2D eigenvalue weighted by Gasteiger charge is -2.31. The number of benzene rings is 5. The van der Waals surface area contributed by atoms with Crippen molar-refractivity contribution in [3.63, 3.8) is 0 Å². The Hall–Kier alpha value is -4.94. The summed E-state index contributed by atoms with van der Waals surface area (Å²) in [5, 5.41) is 0. The van der Waals surface area contributed by atoms with E-state index in [9.17, 15) is 0 Å². The van der Waals surface area contributed by atoms with Gasteiger partial charge in [0.25, 0.3) is 0 Å². The molecule has 0 bridgehead atoms. The number of rotatable bonds is 26. The van der Waals surface area contributed by atoms with Crippen LogP contribution in [0.2, 0.25) is 0 Å². The van der Waals surface area contributed by atoms with E-state index < -0.39 is 0 Å². The van der Waals surface area contributed by atoms with Crippen molar-refractivity contribution < 1.29 is 0 Å². The first-order valence-corrected chi connectivity index (χ1v) is 26.4. The summed E-state index contributed by atoms with van der Waals surface area (Å²) in [6.45, 7) is 45.4. The Morgan fingerprint density at radius 1 is 0.235 bits per heavy atom. The van der Waals surface area contributed by atoms with Gasteiger partial charge in [0.15, 0.2) is 17.1 Å². The van der Waals surface area contributed by atoms with Crippen LogP contribution in [0.1, 0.15) is 111 Å². The molecule has 0 aliphatic heterocycles. The van der Waals surface area contributed by atoms with Gasteiger partial charge in [-0.25, -0.2) is 0 Å². The first kappa shape index (κ1) is 54.0. The third-order valence-electron chi connectivity index (χ3n) is 11.9. The average molecular weight is 921 g/mol. The zero-order valence-electron chi connectivity index (χ0n) is 45.5. The van der Waals surface area contributed by atoms with Gasteiger partial charge in [0, 0.05) is 129 Å². The molecular weight excluding hydrogens is 829 g/mol. The van der Waals surface area contributed by atoms with Gasteiger partial charge in [-0.1, -0.05) is 116 Å². The molecule has 6 heteroatoms. The Balaban J connectivity index is 1.61. The molecule has 369 valence electrons. The van der Waals surface area contributed by atoms with Crippen LogP contribution in [-0.2, 0) is 0 Å². The van der Waals surface area contributed by atoms with Gasteiger partial charge in [0.05, 0.1) is 0 Å². The van der Waals surface area contributed by atoms with E-state index in [1.807, 2.05) is 0 Å². The van der Waals surface area contributed by atoms with Crippen molar-refractivity contribution in [2.24, 2.45) is 47.3 Å². The van der Waals surface area contributed by atoms with Gasteiger partial charge in [0.2, 0.25) is 0 Å². The normalized spacial score (nSPS) is 12.0. The molecule has 0 unspecified atom stereocenters. The van der Waals surface area contributed by atoms with Crippen LogP contribution in [0.15, 0.2) is 121 Å². The summed E-state index contributed by atoms with van der Waals surface area (Å²) in [4.78, 5) is 15.1. The summed E-state index contributed by atoms with van der Waals surface area (Å²) in [6, 6.07) is 46.3. The van der Waals surface area contributed by atoms with Crippen LogP contribution >= 0.6 is 0 Å². The molecule has 0 atom stereocenters. The highest BCUT2D eigenvalue weighted by molar-refractivity contribution is 5.80. The smallest absolute Gasteiger partial charge is 0.192 e. The lowest BCUT2D eigenvalue weighted by molar-refractivity contribution is 0.552. The van der Waals surface area contributed by atoms with Crippen LogP contribution in [0.5, 0.6) is 0 Å². The fraction of sp³-hybridized carbons (Fsp3) is 0.516. The molecule has 0 N–H and O–H groups in total. The van der Waals surface area contributed by atoms with Gasteiger partial charge < -0.3 is 24.5 Å². The minimum Gasteiger partial charge on any atom is -0.371 e. The molecule has 0 amide bonds. The minimum absolute atomic E-state index is 0.581. The Bertz CT molecular complexity index is 1830. The topological polar surface area (TPSA) is 22.1 Å². The van der Waals surface area contributed by atoms with E-state index in [-0.39, 0.29) is 0 Å². The van der Waals surface area contributed by atoms with Gasteiger partial charge in [-0.05, 0) is 132 Å². The fourth-order valence-electron chi connectivity index (χ4n) is 9.56. The average Bonchev–Trinajstić information content (AvgIpc) is 3.26. The first-order valence-electron chi connectivity index (χ1n) is 26.4. The fourth-order valence-corrected chi connectivity index (χ4v) is 9.56. The van der Waals surface area contributed by atoms with Crippen LogP contribution < -0.4 is 29.4 Å². The zero-order valence-corrected chi connectivity index (χ0v) is 45.5. The molecule has 1 radical (unpaired) electrons. The summed E-state index contributed by atoms with van der Waals surface area (Å²) >= 11 is 0. The van der Waals surface area contributed by atoms with E-state index in [0.29, 0.717) is 47.3 Å². The highest BCUT2D eigenvalue weighted by Gasteiger charge is 2.28. The molecule has 6 nitrogen and oxygen atoms in total. The molecule has 0 spiro atoms. The van der Waals surface area contributed by atoms with Crippen molar-refractivity contribution in [2.75, 3.05) is 76.9 Å². The Morgan fingerprint density at radius 3 is 0.559 bits per heavy atom. The van der Waals surface area contributed by atoms with E-state index in [1.165, 1.54) is 22.7 Å². The van der Waals surface area contributed by atoms with Gasteiger partial charge in [0.1, 0.15) is 0 Å². The second-order valence-corrected chi connectivity index (χ2v) is 23.0. The minimum atomic E-state index is 0.581. The van der Waals surface area contributed by atoms with E-state index in [4.69, 9.17) is 0 Å². The Labute approximate surface area is 416 Å². The molecule has 0 saturated heterocycles. The summed E-state index contributed by atoms with van der Waals surface area (Å²) in [7, 11) is 0. The lowest BCUT2D eigenvalue weighted by Crippen LogP contribution is -2.31. The SMILES string of the molecule is CC(C)CN(CC(C)C)c1ccc(N(c2ccc(N(CC(C)C)CC(C)C)cc2)c2ccc([N+](c3ccc(N(CC(C)C)CC(C)C)cc3)c3ccc(N(CC(C)C)CC(C)C)cc3)cc2)cc1. The predicted octanol–water partition coefficient (Wildman–Crippen LogP) is 17.1. The van der Waals surface area contributed by atoms with Gasteiger partial charge in [-0.2, -0.15) is 0 Å². The highest BCUT2D eigenvalue weighted by atomic mass is 15.2. The van der Waals surface area contributed by atoms with Gasteiger partial charge in [-0.3, -0.25) is 0 Å².